The second kappa shape index (κ2) is 6.98. The number of aryl methyl sites for hydroxylation is 1. The van der Waals surface area contributed by atoms with Crippen LogP contribution in [0.3, 0.4) is 0 Å². The van der Waals surface area contributed by atoms with E-state index in [4.69, 9.17) is 4.43 Å². The lowest BCUT2D eigenvalue weighted by Crippen LogP contribution is -2.44. The van der Waals surface area contributed by atoms with Crippen molar-refractivity contribution in [2.75, 3.05) is 0 Å². The first kappa shape index (κ1) is 18.3. The van der Waals surface area contributed by atoms with Gasteiger partial charge < -0.3 is 9.22 Å². The van der Waals surface area contributed by atoms with Crippen LogP contribution in [0.4, 0.5) is 0 Å². The van der Waals surface area contributed by atoms with Crippen molar-refractivity contribution < 1.29 is 9.22 Å². The van der Waals surface area contributed by atoms with Gasteiger partial charge in [-0.25, -0.2) is 4.98 Å². The molecule has 1 aromatic rings. The van der Waals surface area contributed by atoms with E-state index >= 15 is 0 Å². The lowest BCUT2D eigenvalue weighted by atomic mass is 10.1. The molecule has 1 heterocycles. The second-order valence-corrected chi connectivity index (χ2v) is 12.8. The first-order valence-electron chi connectivity index (χ1n) is 7.28. The Kier molecular flexibility index (Phi) is 6.08. The van der Waals surface area contributed by atoms with Gasteiger partial charge in [-0.05, 0) is 43.6 Å². The van der Waals surface area contributed by atoms with E-state index in [9.17, 15) is 4.79 Å². The molecule has 3 nitrogen and oxygen atoms in total. The summed E-state index contributed by atoms with van der Waals surface area (Å²) < 4.78 is 6.40. The van der Waals surface area contributed by atoms with Crippen LogP contribution in [0.1, 0.15) is 44.8 Å². The minimum Gasteiger partial charge on any atom is -0.410 e. The monoisotopic (exact) mass is 325 g/mol. The number of carbonyl (C=O) groups excluding carboxylic acids is 1. The van der Waals surface area contributed by atoms with E-state index in [1.165, 1.54) is 0 Å². The molecule has 5 heteroatoms. The smallest absolute Gasteiger partial charge is 0.192 e. The molecule has 0 spiro atoms. The van der Waals surface area contributed by atoms with E-state index in [-0.39, 0.29) is 11.1 Å². The molecular formula is C16H27NO2SSi. The van der Waals surface area contributed by atoms with Crippen LogP contribution in [0.5, 0.6) is 0 Å². The van der Waals surface area contributed by atoms with Crippen molar-refractivity contribution in [1.29, 1.82) is 0 Å². The van der Waals surface area contributed by atoms with E-state index in [0.29, 0.717) is 6.42 Å². The summed E-state index contributed by atoms with van der Waals surface area (Å²) in [5, 5.41) is 3.21. The van der Waals surface area contributed by atoms with Crippen LogP contribution < -0.4 is 0 Å². The van der Waals surface area contributed by atoms with Gasteiger partial charge in [0.15, 0.2) is 8.32 Å². The Morgan fingerprint density at radius 2 is 2.10 bits per heavy atom. The van der Waals surface area contributed by atoms with Gasteiger partial charge in [0, 0.05) is 11.8 Å². The first-order valence-corrected chi connectivity index (χ1v) is 11.1. The number of thiazole rings is 1. The maximum atomic E-state index is 11.0. The lowest BCUT2D eigenvalue weighted by Gasteiger charge is -2.39. The standard InChI is InChI=1S/C16H27NO2SSi/c1-12(10-14-11-20-13(2)17-14)15(8-9-18)19-21(6,7)16(3,4)5/h9-11,15H,8H2,1-7H3/b12-10+. The van der Waals surface area contributed by atoms with E-state index in [1.54, 1.807) is 11.3 Å². The quantitative estimate of drug-likeness (QED) is 0.555. The summed E-state index contributed by atoms with van der Waals surface area (Å²) in [6.07, 6.45) is 3.23. The Balaban J connectivity index is 2.96. The summed E-state index contributed by atoms with van der Waals surface area (Å²) in [5.74, 6) is 0. The summed E-state index contributed by atoms with van der Waals surface area (Å²) >= 11 is 1.63. The van der Waals surface area contributed by atoms with Gasteiger partial charge >= 0.3 is 0 Å². The van der Waals surface area contributed by atoms with Crippen LogP contribution in [-0.4, -0.2) is 25.7 Å². The van der Waals surface area contributed by atoms with Crippen molar-refractivity contribution in [1.82, 2.24) is 4.98 Å². The average molecular weight is 326 g/mol. The molecule has 0 amide bonds. The summed E-state index contributed by atoms with van der Waals surface area (Å²) in [7, 11) is -1.90. The van der Waals surface area contributed by atoms with E-state index in [0.717, 1.165) is 22.6 Å². The molecule has 1 atom stereocenters. The van der Waals surface area contributed by atoms with Crippen molar-refractivity contribution in [3.8, 4) is 0 Å². The van der Waals surface area contributed by atoms with Gasteiger partial charge in [-0.2, -0.15) is 0 Å². The maximum Gasteiger partial charge on any atom is 0.192 e. The third-order valence-corrected chi connectivity index (χ3v) is 9.35. The fraction of sp³-hybridized carbons (Fsp3) is 0.625. The zero-order valence-corrected chi connectivity index (χ0v) is 16.0. The molecule has 0 N–H and O–H groups in total. The van der Waals surface area contributed by atoms with Gasteiger partial charge in [0.25, 0.3) is 0 Å². The third kappa shape index (κ3) is 5.16. The zero-order chi connectivity index (χ0) is 16.3. The predicted octanol–water partition coefficient (Wildman–Crippen LogP) is 4.83. The van der Waals surface area contributed by atoms with Crippen molar-refractivity contribution in [2.45, 2.75) is 65.3 Å². The fourth-order valence-electron chi connectivity index (χ4n) is 1.72. The average Bonchev–Trinajstić information content (AvgIpc) is 2.72. The van der Waals surface area contributed by atoms with Crippen LogP contribution in [0.25, 0.3) is 6.08 Å². The van der Waals surface area contributed by atoms with Gasteiger partial charge in [-0.1, -0.05) is 20.8 Å². The van der Waals surface area contributed by atoms with Crippen LogP contribution in [0.15, 0.2) is 11.0 Å². The molecule has 0 bridgehead atoms. The topological polar surface area (TPSA) is 39.2 Å². The molecule has 0 radical (unpaired) electrons. The largest absolute Gasteiger partial charge is 0.410 e. The Bertz CT molecular complexity index is 515. The van der Waals surface area contributed by atoms with E-state index in [1.807, 2.05) is 25.3 Å². The number of hydrogen-bond donors (Lipinski definition) is 0. The van der Waals surface area contributed by atoms with E-state index < -0.39 is 8.32 Å². The maximum absolute atomic E-state index is 11.0. The Morgan fingerprint density at radius 3 is 2.52 bits per heavy atom. The predicted molar refractivity (Wildman–Crippen MR) is 93.3 cm³/mol. The summed E-state index contributed by atoms with van der Waals surface area (Å²) in [6, 6.07) is 0. The molecule has 0 aromatic carbocycles. The number of aromatic nitrogens is 1. The number of nitrogens with zero attached hydrogens (tertiary/aromatic N) is 1. The van der Waals surface area contributed by atoms with Crippen molar-refractivity contribution in [2.24, 2.45) is 0 Å². The Hall–Kier alpha value is -0.783. The molecule has 1 aromatic heterocycles. The summed E-state index contributed by atoms with van der Waals surface area (Å²) in [5.41, 5.74) is 2.02. The fourth-order valence-corrected chi connectivity index (χ4v) is 3.64. The Morgan fingerprint density at radius 1 is 1.48 bits per heavy atom. The molecule has 0 aliphatic rings. The van der Waals surface area contributed by atoms with Crippen LogP contribution in [0, 0.1) is 6.92 Å². The summed E-state index contributed by atoms with van der Waals surface area (Å²) in [4.78, 5) is 15.5. The van der Waals surface area contributed by atoms with Gasteiger partial charge in [0.1, 0.15) is 6.29 Å². The minimum atomic E-state index is -1.90. The first-order chi connectivity index (χ1) is 9.56. The summed E-state index contributed by atoms with van der Waals surface area (Å²) in [6.45, 7) is 15.1. The van der Waals surface area contributed by atoms with Crippen molar-refractivity contribution >= 4 is 32.0 Å². The number of carbonyl (C=O) groups is 1. The number of hydrogen-bond acceptors (Lipinski definition) is 4. The molecule has 118 valence electrons. The van der Waals surface area contributed by atoms with Crippen LogP contribution in [0.2, 0.25) is 18.1 Å². The highest BCUT2D eigenvalue weighted by Crippen LogP contribution is 2.38. The highest BCUT2D eigenvalue weighted by Gasteiger charge is 2.39. The number of aldehydes is 1. The normalized spacial score (nSPS) is 15.1. The van der Waals surface area contributed by atoms with Gasteiger partial charge in [-0.3, -0.25) is 0 Å². The minimum absolute atomic E-state index is 0.131. The molecule has 0 saturated heterocycles. The van der Waals surface area contributed by atoms with Gasteiger partial charge in [-0.15, -0.1) is 11.3 Å². The molecule has 0 aliphatic heterocycles. The highest BCUT2D eigenvalue weighted by atomic mass is 32.1. The van der Waals surface area contributed by atoms with Crippen LogP contribution >= 0.6 is 11.3 Å². The number of rotatable bonds is 6. The Labute approximate surface area is 133 Å². The highest BCUT2D eigenvalue weighted by molar-refractivity contribution is 7.09. The van der Waals surface area contributed by atoms with Gasteiger partial charge in [0.2, 0.25) is 0 Å². The molecule has 0 fully saturated rings. The second-order valence-electron chi connectivity index (χ2n) is 6.95. The van der Waals surface area contributed by atoms with E-state index in [2.05, 4.69) is 38.8 Å². The van der Waals surface area contributed by atoms with Crippen molar-refractivity contribution in [3.63, 3.8) is 0 Å². The molecule has 0 saturated carbocycles. The molecule has 21 heavy (non-hydrogen) atoms. The molecular weight excluding hydrogens is 298 g/mol. The third-order valence-electron chi connectivity index (χ3n) is 4.07. The molecule has 1 unspecified atom stereocenters. The lowest BCUT2D eigenvalue weighted by molar-refractivity contribution is -0.109. The SMILES string of the molecule is C/C(=C\c1csc(C)n1)C(CC=O)O[Si](C)(C)C(C)(C)C. The van der Waals surface area contributed by atoms with Gasteiger partial charge in [0.05, 0.1) is 16.8 Å². The molecule has 0 aliphatic carbocycles. The van der Waals surface area contributed by atoms with Crippen molar-refractivity contribution in [3.05, 3.63) is 21.7 Å². The zero-order valence-electron chi connectivity index (χ0n) is 14.2. The van der Waals surface area contributed by atoms with Crippen LogP contribution in [-0.2, 0) is 9.22 Å². The molecule has 1 rings (SSSR count).